The minimum atomic E-state index is -0.328. The second-order valence-electron chi connectivity index (χ2n) is 7.08. The molecule has 0 saturated carbocycles. The summed E-state index contributed by atoms with van der Waals surface area (Å²) in [5.41, 5.74) is 3.73. The van der Waals surface area contributed by atoms with Crippen LogP contribution < -0.4 is 10.6 Å². The van der Waals surface area contributed by atoms with Gasteiger partial charge in [-0.2, -0.15) is 0 Å². The molecule has 1 unspecified atom stereocenters. The van der Waals surface area contributed by atoms with Gasteiger partial charge in [0.1, 0.15) is 11.6 Å². The summed E-state index contributed by atoms with van der Waals surface area (Å²) < 4.78 is 26.4. The predicted molar refractivity (Wildman–Crippen MR) is 113 cm³/mol. The number of aromatic nitrogens is 1. The maximum absolute atomic E-state index is 13.4. The molecular formula is C24H21F2N3O. The highest BCUT2D eigenvalue weighted by Gasteiger charge is 2.19. The zero-order valence-corrected chi connectivity index (χ0v) is 16.2. The van der Waals surface area contributed by atoms with Crippen LogP contribution in [0.15, 0.2) is 79.0 Å². The summed E-state index contributed by atoms with van der Waals surface area (Å²) >= 11 is 0. The number of nitrogens with one attached hydrogen (secondary N) is 3. The van der Waals surface area contributed by atoms with E-state index < -0.39 is 0 Å². The number of benzene rings is 3. The summed E-state index contributed by atoms with van der Waals surface area (Å²) in [4.78, 5) is 15.6. The van der Waals surface area contributed by atoms with Crippen molar-refractivity contribution in [1.29, 1.82) is 0 Å². The Morgan fingerprint density at radius 1 is 0.867 bits per heavy atom. The quantitative estimate of drug-likeness (QED) is 0.412. The van der Waals surface area contributed by atoms with E-state index in [0.29, 0.717) is 13.1 Å². The molecule has 0 aliphatic heterocycles. The SMILES string of the molecule is O=C(NCc1ccc(F)cc1)NCC(c1ccc(F)cc1)c1c[nH]c2ccccc12. The lowest BCUT2D eigenvalue weighted by Gasteiger charge is -2.18. The molecule has 0 bridgehead atoms. The van der Waals surface area contributed by atoms with Crippen molar-refractivity contribution in [2.24, 2.45) is 0 Å². The Labute approximate surface area is 172 Å². The number of carbonyl (C=O) groups is 1. The minimum Gasteiger partial charge on any atom is -0.361 e. The Hall–Kier alpha value is -3.67. The van der Waals surface area contributed by atoms with E-state index in [-0.39, 0.29) is 23.6 Å². The predicted octanol–water partition coefficient (Wildman–Crippen LogP) is 5.08. The van der Waals surface area contributed by atoms with Crippen molar-refractivity contribution < 1.29 is 13.6 Å². The van der Waals surface area contributed by atoms with Gasteiger partial charge in [-0.3, -0.25) is 0 Å². The first kappa shape index (κ1) is 19.6. The first-order chi connectivity index (χ1) is 14.6. The van der Waals surface area contributed by atoms with E-state index in [2.05, 4.69) is 15.6 Å². The smallest absolute Gasteiger partial charge is 0.315 e. The first-order valence-corrected chi connectivity index (χ1v) is 9.68. The molecule has 1 aromatic heterocycles. The maximum Gasteiger partial charge on any atom is 0.315 e. The largest absolute Gasteiger partial charge is 0.361 e. The molecule has 30 heavy (non-hydrogen) atoms. The Kier molecular flexibility index (Phi) is 5.75. The van der Waals surface area contributed by atoms with Gasteiger partial charge in [-0.05, 0) is 47.0 Å². The Bertz CT molecular complexity index is 1140. The van der Waals surface area contributed by atoms with Crippen LogP contribution in [-0.2, 0) is 6.54 Å². The summed E-state index contributed by atoms with van der Waals surface area (Å²) in [6.07, 6.45) is 1.93. The topological polar surface area (TPSA) is 56.9 Å². The third-order valence-corrected chi connectivity index (χ3v) is 5.10. The summed E-state index contributed by atoms with van der Waals surface area (Å²) in [6, 6.07) is 19.9. The lowest BCUT2D eigenvalue weighted by Crippen LogP contribution is -2.37. The van der Waals surface area contributed by atoms with E-state index >= 15 is 0 Å². The Morgan fingerprint density at radius 2 is 1.53 bits per heavy atom. The minimum absolute atomic E-state index is 0.154. The lowest BCUT2D eigenvalue weighted by molar-refractivity contribution is 0.240. The second-order valence-corrected chi connectivity index (χ2v) is 7.08. The van der Waals surface area contributed by atoms with Crippen molar-refractivity contribution in [2.45, 2.75) is 12.5 Å². The average molecular weight is 405 g/mol. The van der Waals surface area contributed by atoms with Gasteiger partial charge < -0.3 is 15.6 Å². The molecule has 0 aliphatic rings. The van der Waals surface area contributed by atoms with Crippen LogP contribution in [0.3, 0.4) is 0 Å². The van der Waals surface area contributed by atoms with Gasteiger partial charge in [0.05, 0.1) is 0 Å². The second kappa shape index (κ2) is 8.78. The third kappa shape index (κ3) is 4.49. The number of hydrogen-bond acceptors (Lipinski definition) is 1. The van der Waals surface area contributed by atoms with Crippen LogP contribution in [0.25, 0.3) is 10.9 Å². The fraction of sp³-hybridized carbons (Fsp3) is 0.125. The number of rotatable bonds is 6. The molecular weight excluding hydrogens is 384 g/mol. The van der Waals surface area contributed by atoms with Crippen molar-refractivity contribution in [3.05, 3.63) is 107 Å². The van der Waals surface area contributed by atoms with E-state index in [1.807, 2.05) is 30.5 Å². The van der Waals surface area contributed by atoms with E-state index in [1.54, 1.807) is 24.3 Å². The molecule has 3 aromatic carbocycles. The highest BCUT2D eigenvalue weighted by atomic mass is 19.1. The highest BCUT2D eigenvalue weighted by Crippen LogP contribution is 2.30. The van der Waals surface area contributed by atoms with Gasteiger partial charge >= 0.3 is 6.03 Å². The molecule has 4 nitrogen and oxygen atoms in total. The number of halogens is 2. The van der Waals surface area contributed by atoms with Gasteiger partial charge in [0.15, 0.2) is 0 Å². The Morgan fingerprint density at radius 3 is 2.27 bits per heavy atom. The molecule has 1 atom stereocenters. The van der Waals surface area contributed by atoms with E-state index in [4.69, 9.17) is 0 Å². The van der Waals surface area contributed by atoms with Crippen molar-refractivity contribution in [2.75, 3.05) is 6.54 Å². The van der Waals surface area contributed by atoms with Gasteiger partial charge in [0.2, 0.25) is 0 Å². The molecule has 3 N–H and O–H groups in total. The number of H-pyrrole nitrogens is 1. The van der Waals surface area contributed by atoms with Crippen LogP contribution in [0.5, 0.6) is 0 Å². The number of para-hydroxylation sites is 1. The van der Waals surface area contributed by atoms with Gasteiger partial charge in [-0.15, -0.1) is 0 Å². The molecule has 0 radical (unpaired) electrons. The van der Waals surface area contributed by atoms with Crippen LogP contribution >= 0.6 is 0 Å². The standard InChI is InChI=1S/C24H21F2N3O/c25-18-9-5-16(6-10-18)13-28-24(30)29-14-21(17-7-11-19(26)12-8-17)22-15-27-23-4-2-1-3-20(22)23/h1-12,15,21,27H,13-14H2,(H2,28,29,30). The number of carbonyl (C=O) groups excluding carboxylic acids is 1. The molecule has 0 aliphatic carbocycles. The summed E-state index contributed by atoms with van der Waals surface area (Å²) in [5.74, 6) is -0.774. The fourth-order valence-corrected chi connectivity index (χ4v) is 3.53. The van der Waals surface area contributed by atoms with Gasteiger partial charge in [0.25, 0.3) is 0 Å². The molecule has 0 spiro atoms. The normalized spacial score (nSPS) is 11.9. The summed E-state index contributed by atoms with van der Waals surface area (Å²) in [6.45, 7) is 0.628. The molecule has 152 valence electrons. The monoisotopic (exact) mass is 405 g/mol. The van der Waals surface area contributed by atoms with E-state index in [1.165, 1.54) is 24.3 Å². The van der Waals surface area contributed by atoms with Crippen molar-refractivity contribution in [3.8, 4) is 0 Å². The molecule has 1 heterocycles. The average Bonchev–Trinajstić information content (AvgIpc) is 3.19. The van der Waals surface area contributed by atoms with Crippen LogP contribution in [0, 0.1) is 11.6 Å². The zero-order valence-electron chi connectivity index (χ0n) is 16.2. The highest BCUT2D eigenvalue weighted by molar-refractivity contribution is 5.84. The van der Waals surface area contributed by atoms with E-state index in [0.717, 1.165) is 27.6 Å². The third-order valence-electron chi connectivity index (χ3n) is 5.10. The van der Waals surface area contributed by atoms with Crippen LogP contribution in [0.4, 0.5) is 13.6 Å². The number of urea groups is 1. The van der Waals surface area contributed by atoms with Gasteiger partial charge in [-0.25, -0.2) is 13.6 Å². The van der Waals surface area contributed by atoms with Crippen molar-refractivity contribution in [3.63, 3.8) is 0 Å². The van der Waals surface area contributed by atoms with Crippen LogP contribution in [0.1, 0.15) is 22.6 Å². The van der Waals surface area contributed by atoms with Gasteiger partial charge in [0, 0.05) is 36.1 Å². The Balaban J connectivity index is 1.49. The van der Waals surface area contributed by atoms with Gasteiger partial charge in [-0.1, -0.05) is 42.5 Å². The molecule has 0 saturated heterocycles. The molecule has 2 amide bonds. The molecule has 4 rings (SSSR count). The molecule has 0 fully saturated rings. The number of amides is 2. The fourth-order valence-electron chi connectivity index (χ4n) is 3.53. The zero-order chi connectivity index (χ0) is 20.9. The maximum atomic E-state index is 13.4. The molecule has 6 heteroatoms. The van der Waals surface area contributed by atoms with Crippen LogP contribution in [-0.4, -0.2) is 17.6 Å². The summed E-state index contributed by atoms with van der Waals surface area (Å²) in [7, 11) is 0. The van der Waals surface area contributed by atoms with E-state index in [9.17, 15) is 13.6 Å². The summed E-state index contributed by atoms with van der Waals surface area (Å²) in [5, 5.41) is 6.73. The van der Waals surface area contributed by atoms with Crippen molar-refractivity contribution in [1.82, 2.24) is 15.6 Å². The number of aromatic amines is 1. The number of fused-ring (bicyclic) bond motifs is 1. The van der Waals surface area contributed by atoms with Crippen LogP contribution in [0.2, 0.25) is 0 Å². The lowest BCUT2D eigenvalue weighted by atomic mass is 9.91. The molecule has 4 aromatic rings. The number of hydrogen-bond donors (Lipinski definition) is 3. The van der Waals surface area contributed by atoms with Crippen molar-refractivity contribution >= 4 is 16.9 Å². The first-order valence-electron chi connectivity index (χ1n) is 9.68.